The van der Waals surface area contributed by atoms with Gasteiger partial charge in [-0.25, -0.2) is 13.8 Å². The number of rotatable bonds is 7. The molecule has 0 atom stereocenters. The van der Waals surface area contributed by atoms with Crippen molar-refractivity contribution < 1.29 is 8.78 Å². The molecule has 0 fully saturated rings. The first kappa shape index (κ1) is 22.8. The van der Waals surface area contributed by atoms with Crippen molar-refractivity contribution in [2.45, 2.75) is 40.5 Å². The van der Waals surface area contributed by atoms with Crippen molar-refractivity contribution >= 4 is 0 Å². The van der Waals surface area contributed by atoms with Gasteiger partial charge in [-0.2, -0.15) is 0 Å². The van der Waals surface area contributed by atoms with Gasteiger partial charge in [0.1, 0.15) is 17.5 Å². The van der Waals surface area contributed by atoms with E-state index in [9.17, 15) is 8.78 Å². The van der Waals surface area contributed by atoms with Crippen LogP contribution in [-0.2, 0) is 12.8 Å². The van der Waals surface area contributed by atoms with Crippen LogP contribution in [0.1, 0.15) is 38.8 Å². The Morgan fingerprint density at radius 3 is 2.00 bits per heavy atom. The van der Waals surface area contributed by atoms with E-state index in [0.717, 1.165) is 41.0 Å². The summed E-state index contributed by atoms with van der Waals surface area (Å²) in [5.41, 5.74) is 4.64. The zero-order valence-corrected chi connectivity index (χ0v) is 19.5. The highest BCUT2D eigenvalue weighted by Gasteiger charge is 2.21. The van der Waals surface area contributed by atoms with Crippen LogP contribution in [0.2, 0.25) is 0 Å². The fraction of sp³-hybridized carbons (Fsp3) is 0.286. The molecule has 4 aromatic rings. The lowest BCUT2D eigenvalue weighted by atomic mass is 9.89. The first-order chi connectivity index (χ1) is 15.8. The molecule has 0 bridgehead atoms. The van der Waals surface area contributed by atoms with E-state index in [0.29, 0.717) is 17.4 Å². The largest absolute Gasteiger partial charge is 0.299 e. The Morgan fingerprint density at radius 2 is 1.45 bits per heavy atom. The molecule has 0 N–H and O–H groups in total. The Labute approximate surface area is 194 Å². The molecule has 2 aromatic heterocycles. The molecule has 0 saturated carbocycles. The molecule has 2 aromatic carbocycles. The Morgan fingerprint density at radius 1 is 0.818 bits per heavy atom. The Hall–Kier alpha value is -3.34. The minimum Gasteiger partial charge on any atom is -0.299 e. The van der Waals surface area contributed by atoms with Gasteiger partial charge in [-0.3, -0.25) is 9.55 Å². The lowest BCUT2D eigenvalue weighted by molar-refractivity contribution is 0.589. The molecule has 0 spiro atoms. The molecule has 0 aliphatic carbocycles. The van der Waals surface area contributed by atoms with Gasteiger partial charge in [-0.1, -0.05) is 33.8 Å². The van der Waals surface area contributed by atoms with Gasteiger partial charge in [0.2, 0.25) is 0 Å². The molecule has 0 amide bonds. The quantitative estimate of drug-likeness (QED) is 0.299. The van der Waals surface area contributed by atoms with Crippen molar-refractivity contribution in [2.75, 3.05) is 0 Å². The van der Waals surface area contributed by atoms with Crippen LogP contribution >= 0.6 is 0 Å². The molecule has 5 heteroatoms. The second-order valence-corrected chi connectivity index (χ2v) is 9.30. The molecule has 0 aliphatic heterocycles. The van der Waals surface area contributed by atoms with E-state index in [1.54, 1.807) is 18.6 Å². The van der Waals surface area contributed by atoms with Crippen LogP contribution in [-0.4, -0.2) is 14.5 Å². The lowest BCUT2D eigenvalue weighted by Crippen LogP contribution is -2.10. The molecular weight excluding hydrogens is 416 g/mol. The van der Waals surface area contributed by atoms with Crippen LogP contribution < -0.4 is 0 Å². The molecule has 170 valence electrons. The Balaban J connectivity index is 2.00. The monoisotopic (exact) mass is 445 g/mol. The van der Waals surface area contributed by atoms with Gasteiger partial charge in [0.15, 0.2) is 0 Å². The highest BCUT2D eigenvalue weighted by molar-refractivity contribution is 5.71. The van der Waals surface area contributed by atoms with E-state index < -0.39 is 11.6 Å². The van der Waals surface area contributed by atoms with Crippen molar-refractivity contribution in [1.82, 2.24) is 14.5 Å². The molecular formula is C28H29F2N3. The van der Waals surface area contributed by atoms with E-state index in [2.05, 4.69) is 42.2 Å². The van der Waals surface area contributed by atoms with Crippen molar-refractivity contribution in [3.63, 3.8) is 0 Å². The maximum Gasteiger partial charge on any atom is 0.146 e. The maximum atomic E-state index is 14.7. The summed E-state index contributed by atoms with van der Waals surface area (Å²) < 4.78 is 31.5. The highest BCUT2D eigenvalue weighted by atomic mass is 19.1. The lowest BCUT2D eigenvalue weighted by Gasteiger charge is -2.22. The first-order valence-corrected chi connectivity index (χ1v) is 11.4. The summed E-state index contributed by atoms with van der Waals surface area (Å²) in [4.78, 5) is 8.87. The number of hydrogen-bond donors (Lipinski definition) is 0. The van der Waals surface area contributed by atoms with Crippen molar-refractivity contribution in [3.8, 4) is 28.2 Å². The summed E-state index contributed by atoms with van der Waals surface area (Å²) >= 11 is 0. The third-order valence-corrected chi connectivity index (χ3v) is 5.58. The molecule has 0 radical (unpaired) electrons. The molecule has 0 saturated heterocycles. The fourth-order valence-electron chi connectivity index (χ4n) is 4.37. The van der Waals surface area contributed by atoms with Gasteiger partial charge in [-0.05, 0) is 77.8 Å². The van der Waals surface area contributed by atoms with Gasteiger partial charge < -0.3 is 0 Å². The molecule has 0 aliphatic rings. The van der Waals surface area contributed by atoms with Crippen LogP contribution in [0, 0.1) is 23.5 Å². The molecule has 0 unspecified atom stereocenters. The van der Waals surface area contributed by atoms with Gasteiger partial charge in [-0.15, -0.1) is 0 Å². The first-order valence-electron chi connectivity index (χ1n) is 11.4. The standard InChI is InChI=1S/C28H29F2N3/c1-18(2)13-22-15-21(26-24(29)8-5-9-25(26)30)16-23(14-19(3)4)27(22)33-12-11-32-28(33)20-7-6-10-31-17-20/h5-12,15-19H,13-14H2,1-4H3. The van der Waals surface area contributed by atoms with E-state index in [4.69, 9.17) is 0 Å². The Kier molecular flexibility index (Phi) is 6.68. The SMILES string of the molecule is CC(C)Cc1cc(-c2c(F)cccc2F)cc(CC(C)C)c1-n1ccnc1-c1cccnc1. The average molecular weight is 446 g/mol. The van der Waals surface area contributed by atoms with Crippen molar-refractivity contribution in [3.05, 3.63) is 90.0 Å². The average Bonchev–Trinajstić information content (AvgIpc) is 3.22. The van der Waals surface area contributed by atoms with Crippen LogP contribution in [0.15, 0.2) is 67.3 Å². The fourth-order valence-corrected chi connectivity index (χ4v) is 4.37. The highest BCUT2D eigenvalue weighted by Crippen LogP contribution is 2.35. The minimum absolute atomic E-state index is 0.0252. The van der Waals surface area contributed by atoms with E-state index in [1.807, 2.05) is 30.5 Å². The molecule has 3 nitrogen and oxygen atoms in total. The molecule has 4 rings (SSSR count). The summed E-state index contributed by atoms with van der Waals surface area (Å²) in [5, 5.41) is 0. The number of halogens is 2. The number of aromatic nitrogens is 3. The Bertz CT molecular complexity index is 1190. The number of imidazole rings is 1. The normalized spacial score (nSPS) is 11.5. The minimum atomic E-state index is -0.549. The predicted octanol–water partition coefficient (Wildman–Crippen LogP) is 7.28. The van der Waals surface area contributed by atoms with Gasteiger partial charge >= 0.3 is 0 Å². The third-order valence-electron chi connectivity index (χ3n) is 5.58. The van der Waals surface area contributed by atoms with E-state index >= 15 is 0 Å². The summed E-state index contributed by atoms with van der Waals surface area (Å²) in [6.45, 7) is 8.60. The number of pyridine rings is 1. The van der Waals surface area contributed by atoms with Crippen molar-refractivity contribution in [1.29, 1.82) is 0 Å². The molecule has 33 heavy (non-hydrogen) atoms. The summed E-state index contributed by atoms with van der Waals surface area (Å²) in [7, 11) is 0. The maximum absolute atomic E-state index is 14.7. The van der Waals surface area contributed by atoms with Gasteiger partial charge in [0.05, 0.1) is 11.3 Å². The predicted molar refractivity (Wildman–Crippen MR) is 129 cm³/mol. The summed E-state index contributed by atoms with van der Waals surface area (Å²) in [6.07, 6.45) is 8.82. The zero-order valence-electron chi connectivity index (χ0n) is 19.5. The van der Waals surface area contributed by atoms with Crippen LogP contribution in [0.4, 0.5) is 8.78 Å². The number of hydrogen-bond acceptors (Lipinski definition) is 2. The van der Waals surface area contributed by atoms with Crippen molar-refractivity contribution in [2.24, 2.45) is 11.8 Å². The van der Waals surface area contributed by atoms with E-state index in [1.165, 1.54) is 18.2 Å². The topological polar surface area (TPSA) is 30.7 Å². The zero-order chi connectivity index (χ0) is 23.5. The second kappa shape index (κ2) is 9.65. The number of nitrogens with zero attached hydrogens (tertiary/aromatic N) is 3. The smallest absolute Gasteiger partial charge is 0.146 e. The van der Waals surface area contributed by atoms with Crippen LogP contribution in [0.5, 0.6) is 0 Å². The molecule has 2 heterocycles. The number of benzene rings is 2. The van der Waals surface area contributed by atoms with Gasteiger partial charge in [0.25, 0.3) is 0 Å². The second-order valence-electron chi connectivity index (χ2n) is 9.30. The third kappa shape index (κ3) is 4.87. The van der Waals surface area contributed by atoms with Crippen LogP contribution in [0.3, 0.4) is 0 Å². The summed E-state index contributed by atoms with van der Waals surface area (Å²) in [5.74, 6) is 0.422. The van der Waals surface area contributed by atoms with Gasteiger partial charge in [0, 0.05) is 30.4 Å². The van der Waals surface area contributed by atoms with Crippen LogP contribution in [0.25, 0.3) is 28.2 Å². The van der Waals surface area contributed by atoms with E-state index in [-0.39, 0.29) is 5.56 Å². The summed E-state index contributed by atoms with van der Waals surface area (Å²) in [6, 6.07) is 11.8.